The normalized spacial score (nSPS) is 13.3. The lowest BCUT2D eigenvalue weighted by atomic mass is 10.1. The highest BCUT2D eigenvalue weighted by molar-refractivity contribution is 7.72. The van der Waals surface area contributed by atoms with Crippen LogP contribution in [0, 0.1) is 0 Å². The predicted molar refractivity (Wildman–Crippen MR) is 165 cm³/mol. The van der Waals surface area contributed by atoms with Crippen molar-refractivity contribution in [2.45, 2.75) is 75.4 Å². The zero-order valence-corrected chi connectivity index (χ0v) is 28.2. The van der Waals surface area contributed by atoms with Crippen LogP contribution in [-0.2, 0) is 40.6 Å². The summed E-state index contributed by atoms with van der Waals surface area (Å²) in [5, 5.41) is -5.60. The maximum absolute atomic E-state index is 11.8. The van der Waals surface area contributed by atoms with E-state index in [1.807, 2.05) is 44.2 Å². The molecule has 0 radical (unpaired) electrons. The Bertz CT molecular complexity index is 1260. The lowest BCUT2D eigenvalue weighted by Gasteiger charge is -2.34. The molecule has 0 aliphatic rings. The monoisotopic (exact) mass is 704 g/mol. The molecule has 2 rings (SSSR count). The second kappa shape index (κ2) is 17.8. The number of benzene rings is 2. The third-order valence-corrected chi connectivity index (χ3v) is 14.6. The molecular weight excluding hydrogens is 660 g/mol. The van der Waals surface area contributed by atoms with Crippen molar-refractivity contribution in [3.63, 3.8) is 0 Å². The first kappa shape index (κ1) is 41.0. The van der Waals surface area contributed by atoms with Crippen LogP contribution in [0.25, 0.3) is 0 Å². The molecule has 2 aromatic rings. The van der Waals surface area contributed by atoms with Gasteiger partial charge in [-0.1, -0.05) is 87.4 Å². The summed E-state index contributed by atoms with van der Waals surface area (Å²) in [7, 11) is -20.8. The molecule has 44 heavy (non-hydrogen) atoms. The number of aryl methyl sites for hydroxylation is 1. The molecule has 0 aliphatic carbocycles. The highest BCUT2D eigenvalue weighted by Crippen LogP contribution is 2.72. The first-order valence-electron chi connectivity index (χ1n) is 13.9. The molecular formula is C26H44O14P4. The fourth-order valence-electron chi connectivity index (χ4n) is 4.09. The Labute approximate surface area is 257 Å². The highest BCUT2D eigenvalue weighted by atomic mass is 31.2. The quantitative estimate of drug-likeness (QED) is 0.0760. The fourth-order valence-corrected chi connectivity index (χ4v) is 9.51. The Hall–Kier alpha value is -1.04. The molecule has 252 valence electrons. The summed E-state index contributed by atoms with van der Waals surface area (Å²) in [5.41, 5.74) is 1.30. The highest BCUT2D eigenvalue weighted by Gasteiger charge is 2.62. The van der Waals surface area contributed by atoms with Gasteiger partial charge in [-0.15, -0.1) is 0 Å². The Morgan fingerprint density at radius 1 is 0.545 bits per heavy atom. The van der Waals surface area contributed by atoms with Gasteiger partial charge in [-0.2, -0.15) is 0 Å². The minimum atomic E-state index is -5.22. The Morgan fingerprint density at radius 3 is 1.27 bits per heavy atom. The summed E-state index contributed by atoms with van der Waals surface area (Å²) < 4.78 is 57.4. The number of hydrogen-bond acceptors (Lipinski definition) is 6. The average molecular weight is 705 g/mol. The van der Waals surface area contributed by atoms with Gasteiger partial charge >= 0.3 is 30.4 Å². The summed E-state index contributed by atoms with van der Waals surface area (Å²) in [6.07, 6.45) is 1.90. The largest absolute Gasteiger partial charge is 0.370 e. The number of ether oxygens (including phenoxy) is 2. The minimum Gasteiger partial charge on any atom is -0.352 e. The summed E-state index contributed by atoms with van der Waals surface area (Å²) in [6.45, 7) is 3.42. The first-order valence-corrected chi connectivity index (χ1v) is 20.3. The average Bonchev–Trinajstić information content (AvgIpc) is 2.91. The second-order valence-electron chi connectivity index (χ2n) is 10.1. The van der Waals surface area contributed by atoms with E-state index in [0.29, 0.717) is 37.7 Å². The van der Waals surface area contributed by atoms with Gasteiger partial charge in [0.15, 0.2) is 0 Å². The SMILES string of the molecule is CCCCOC(CCCc1ccccc1)(P(=O)(O)O)P(=O)(O)O.CCCCOC(Cc1ccccc1)(P(=O)(O)O)P(=O)(O)O. The van der Waals surface area contributed by atoms with Crippen molar-refractivity contribution in [1.82, 2.24) is 0 Å². The number of unbranched alkanes of at least 4 members (excludes halogenated alkanes) is 2. The van der Waals surface area contributed by atoms with Gasteiger partial charge in [0, 0.05) is 26.1 Å². The van der Waals surface area contributed by atoms with E-state index in [4.69, 9.17) is 9.47 Å². The van der Waals surface area contributed by atoms with Crippen LogP contribution in [0.2, 0.25) is 0 Å². The van der Waals surface area contributed by atoms with E-state index in [9.17, 15) is 57.4 Å². The van der Waals surface area contributed by atoms with E-state index in [-0.39, 0.29) is 19.6 Å². The third kappa shape index (κ3) is 11.6. The van der Waals surface area contributed by atoms with Crippen LogP contribution in [0.15, 0.2) is 60.7 Å². The zero-order valence-electron chi connectivity index (χ0n) is 24.7. The molecule has 0 aromatic heterocycles. The summed E-state index contributed by atoms with van der Waals surface area (Å²) >= 11 is 0. The lowest BCUT2D eigenvalue weighted by Crippen LogP contribution is -2.35. The molecule has 0 unspecified atom stereocenters. The minimum absolute atomic E-state index is 0.113. The van der Waals surface area contributed by atoms with Gasteiger partial charge in [0.1, 0.15) is 0 Å². The van der Waals surface area contributed by atoms with Crippen LogP contribution >= 0.6 is 30.4 Å². The van der Waals surface area contributed by atoms with Gasteiger partial charge in [-0.05, 0) is 36.8 Å². The summed E-state index contributed by atoms with van der Waals surface area (Å²) in [5.74, 6) is 0. The molecule has 0 aliphatic heterocycles. The van der Waals surface area contributed by atoms with Crippen molar-refractivity contribution >= 4 is 30.4 Å². The first-order chi connectivity index (χ1) is 20.3. The van der Waals surface area contributed by atoms with Gasteiger partial charge < -0.3 is 48.6 Å². The van der Waals surface area contributed by atoms with Crippen molar-refractivity contribution in [3.8, 4) is 0 Å². The van der Waals surface area contributed by atoms with Crippen molar-refractivity contribution < 1.29 is 66.9 Å². The van der Waals surface area contributed by atoms with Crippen LogP contribution in [0.1, 0.15) is 63.5 Å². The van der Waals surface area contributed by atoms with Gasteiger partial charge in [0.05, 0.1) is 0 Å². The Kier molecular flexibility index (Phi) is 16.5. The van der Waals surface area contributed by atoms with E-state index in [2.05, 4.69) is 0 Å². The lowest BCUT2D eigenvalue weighted by molar-refractivity contribution is 0.0285. The maximum Gasteiger partial charge on any atom is 0.370 e. The Morgan fingerprint density at radius 2 is 0.909 bits per heavy atom. The Balaban J connectivity index is 0.000000442. The molecule has 8 N–H and O–H groups in total. The standard InChI is InChI=1S/C14H24O7P2.C12H20O7P2/c1-2-3-12-21-14(22(15,16)17,23(18,19)20)11-7-10-13-8-5-4-6-9-13;1-2-3-9-19-12(20(13,14)15,21(16,17)18)10-11-7-5-4-6-8-11/h4-6,8-9H,2-3,7,10-12H2,1H3,(H2,15,16,17)(H2,18,19,20);4-8H,2-3,9-10H2,1H3,(H2,13,14,15)(H2,16,17,18). The van der Waals surface area contributed by atoms with Crippen molar-refractivity contribution in [2.75, 3.05) is 13.2 Å². The van der Waals surface area contributed by atoms with Crippen LogP contribution in [-0.4, -0.2) is 62.5 Å². The van der Waals surface area contributed by atoms with Crippen molar-refractivity contribution in [3.05, 3.63) is 71.8 Å². The number of hydrogen-bond donors (Lipinski definition) is 8. The second-order valence-corrected chi connectivity index (χ2v) is 18.0. The molecule has 0 saturated heterocycles. The van der Waals surface area contributed by atoms with E-state index < -0.39 is 53.4 Å². The molecule has 18 heteroatoms. The third-order valence-electron chi connectivity index (χ3n) is 6.57. The van der Waals surface area contributed by atoms with Crippen LogP contribution in [0.4, 0.5) is 0 Å². The smallest absolute Gasteiger partial charge is 0.352 e. The molecule has 0 saturated carbocycles. The topological polar surface area (TPSA) is 249 Å². The molecule has 0 amide bonds. The van der Waals surface area contributed by atoms with Crippen LogP contribution in [0.3, 0.4) is 0 Å². The van der Waals surface area contributed by atoms with Crippen molar-refractivity contribution in [2.24, 2.45) is 0 Å². The van der Waals surface area contributed by atoms with Gasteiger partial charge in [-0.25, -0.2) is 0 Å². The van der Waals surface area contributed by atoms with E-state index in [1.54, 1.807) is 18.2 Å². The fraction of sp³-hybridized carbons (Fsp3) is 0.538. The molecule has 0 spiro atoms. The summed E-state index contributed by atoms with van der Waals surface area (Å²) in [4.78, 5) is 76.3. The van der Waals surface area contributed by atoms with Crippen LogP contribution in [0.5, 0.6) is 0 Å². The number of rotatable bonds is 18. The van der Waals surface area contributed by atoms with E-state index >= 15 is 0 Å². The molecule has 14 nitrogen and oxygen atoms in total. The predicted octanol–water partition coefficient (Wildman–Crippen LogP) is 4.89. The van der Waals surface area contributed by atoms with Crippen molar-refractivity contribution in [1.29, 1.82) is 0 Å². The molecule has 0 bridgehead atoms. The zero-order chi connectivity index (χ0) is 33.7. The molecule has 2 aromatic carbocycles. The van der Waals surface area contributed by atoms with E-state index in [0.717, 1.165) is 5.56 Å². The van der Waals surface area contributed by atoms with Crippen LogP contribution < -0.4 is 0 Å². The van der Waals surface area contributed by atoms with Gasteiger partial charge in [-0.3, -0.25) is 18.3 Å². The molecule has 0 fully saturated rings. The van der Waals surface area contributed by atoms with Gasteiger partial charge in [0.2, 0.25) is 0 Å². The van der Waals surface area contributed by atoms with Gasteiger partial charge in [0.25, 0.3) is 10.2 Å². The summed E-state index contributed by atoms with van der Waals surface area (Å²) in [6, 6.07) is 17.2. The van der Waals surface area contributed by atoms with E-state index in [1.165, 1.54) is 12.1 Å². The molecule has 0 atom stereocenters. The maximum atomic E-state index is 11.8. The molecule has 0 heterocycles.